The average molecular weight is 420 g/mol. The van der Waals surface area contributed by atoms with Gasteiger partial charge in [-0.2, -0.15) is 0 Å². The lowest BCUT2D eigenvalue weighted by Gasteiger charge is -2.12. The van der Waals surface area contributed by atoms with Gasteiger partial charge in [-0.1, -0.05) is 29.8 Å². The van der Waals surface area contributed by atoms with E-state index in [-0.39, 0.29) is 11.3 Å². The third kappa shape index (κ3) is 3.65. The summed E-state index contributed by atoms with van der Waals surface area (Å²) in [5.41, 5.74) is 2.13. The number of amides is 1. The number of anilines is 1. The van der Waals surface area contributed by atoms with E-state index in [1.165, 1.54) is 0 Å². The lowest BCUT2D eigenvalue weighted by Crippen LogP contribution is -2.13. The fourth-order valence-electron chi connectivity index (χ4n) is 1.79. The van der Waals surface area contributed by atoms with Crippen LogP contribution in [0.1, 0.15) is 28.2 Å². The molecule has 2 rings (SSSR count). The molecule has 104 valence electrons. The van der Waals surface area contributed by atoms with E-state index in [0.717, 1.165) is 14.8 Å². The first kappa shape index (κ1) is 15.6. The lowest BCUT2D eigenvalue weighted by molar-refractivity contribution is 0.102. The number of carbonyl (C=O) groups excluding carboxylic acids is 1. The van der Waals surface area contributed by atoms with E-state index in [4.69, 9.17) is 23.2 Å². The number of hydrogen-bond donors (Lipinski definition) is 1. The minimum atomic E-state index is -0.201. The Morgan fingerprint density at radius 3 is 2.60 bits per heavy atom. The second-order valence-corrected chi connectivity index (χ2v) is 6.51. The first-order chi connectivity index (χ1) is 9.49. The normalized spacial score (nSPS) is 12.0. The van der Waals surface area contributed by atoms with Gasteiger partial charge in [-0.25, -0.2) is 0 Å². The number of alkyl halides is 1. The van der Waals surface area contributed by atoms with E-state index in [0.29, 0.717) is 10.6 Å². The monoisotopic (exact) mass is 419 g/mol. The van der Waals surface area contributed by atoms with Crippen molar-refractivity contribution in [3.05, 3.63) is 62.2 Å². The standard InChI is InChI=1S/C15H12Cl2INO/c1-9(16)11-4-2-3-5-14(11)19-15(20)10-6-7-13(18)12(17)8-10/h2-9H,1H3,(H,19,20). The number of benzene rings is 2. The highest BCUT2D eigenvalue weighted by molar-refractivity contribution is 14.1. The topological polar surface area (TPSA) is 29.1 Å². The molecule has 1 atom stereocenters. The van der Waals surface area contributed by atoms with Crippen molar-refractivity contribution in [1.29, 1.82) is 0 Å². The largest absolute Gasteiger partial charge is 0.322 e. The Morgan fingerprint density at radius 1 is 1.25 bits per heavy atom. The summed E-state index contributed by atoms with van der Waals surface area (Å²) in [6.45, 7) is 1.87. The Bertz CT molecular complexity index is 644. The molecule has 0 aromatic heterocycles. The van der Waals surface area contributed by atoms with E-state index >= 15 is 0 Å². The molecule has 20 heavy (non-hydrogen) atoms. The lowest BCUT2D eigenvalue weighted by atomic mass is 10.1. The van der Waals surface area contributed by atoms with Crippen LogP contribution in [-0.2, 0) is 0 Å². The molecule has 0 aliphatic carbocycles. The third-order valence-electron chi connectivity index (χ3n) is 2.82. The smallest absolute Gasteiger partial charge is 0.255 e. The maximum atomic E-state index is 12.2. The average Bonchev–Trinajstić information content (AvgIpc) is 2.42. The quantitative estimate of drug-likeness (QED) is 0.516. The van der Waals surface area contributed by atoms with Crippen molar-refractivity contribution in [1.82, 2.24) is 0 Å². The maximum Gasteiger partial charge on any atom is 0.255 e. The summed E-state index contributed by atoms with van der Waals surface area (Å²) in [5, 5.41) is 3.26. The SMILES string of the molecule is CC(Cl)c1ccccc1NC(=O)c1ccc(I)c(Cl)c1. The molecule has 0 spiro atoms. The van der Waals surface area contributed by atoms with Crippen molar-refractivity contribution in [2.45, 2.75) is 12.3 Å². The van der Waals surface area contributed by atoms with Gasteiger partial charge in [0, 0.05) is 14.8 Å². The zero-order chi connectivity index (χ0) is 14.7. The van der Waals surface area contributed by atoms with Gasteiger partial charge >= 0.3 is 0 Å². The van der Waals surface area contributed by atoms with Gasteiger partial charge in [0.05, 0.1) is 10.4 Å². The highest BCUT2D eigenvalue weighted by Crippen LogP contribution is 2.27. The van der Waals surface area contributed by atoms with E-state index < -0.39 is 0 Å². The number of nitrogens with one attached hydrogen (secondary N) is 1. The van der Waals surface area contributed by atoms with Crippen LogP contribution < -0.4 is 5.32 Å². The van der Waals surface area contributed by atoms with Crippen molar-refractivity contribution >= 4 is 57.4 Å². The van der Waals surface area contributed by atoms with Crippen LogP contribution in [0.15, 0.2) is 42.5 Å². The molecule has 0 heterocycles. The van der Waals surface area contributed by atoms with Gasteiger partial charge in [0.15, 0.2) is 0 Å². The second kappa shape index (κ2) is 6.78. The summed E-state index contributed by atoms with van der Waals surface area (Å²) < 4.78 is 0.913. The molecule has 0 fully saturated rings. The number of halogens is 3. The predicted molar refractivity (Wildman–Crippen MR) is 92.8 cm³/mol. The van der Waals surface area contributed by atoms with Crippen LogP contribution in [0.5, 0.6) is 0 Å². The van der Waals surface area contributed by atoms with Crippen molar-refractivity contribution in [2.24, 2.45) is 0 Å². The molecular weight excluding hydrogens is 408 g/mol. The Balaban J connectivity index is 2.26. The van der Waals surface area contributed by atoms with Crippen LogP contribution in [0.25, 0.3) is 0 Å². The molecule has 1 unspecified atom stereocenters. The number of hydrogen-bond acceptors (Lipinski definition) is 1. The van der Waals surface area contributed by atoms with E-state index in [1.807, 2.05) is 37.3 Å². The Hall–Kier alpha value is -0.780. The minimum Gasteiger partial charge on any atom is -0.322 e. The summed E-state index contributed by atoms with van der Waals surface area (Å²) in [5.74, 6) is -0.201. The molecule has 0 bridgehead atoms. The molecule has 0 aliphatic rings. The van der Waals surface area contributed by atoms with Crippen molar-refractivity contribution in [3.8, 4) is 0 Å². The first-order valence-corrected chi connectivity index (χ1v) is 7.87. The summed E-state index contributed by atoms with van der Waals surface area (Å²) >= 11 is 14.3. The van der Waals surface area contributed by atoms with Gasteiger partial charge in [-0.05, 0) is 59.3 Å². The molecule has 2 aromatic carbocycles. The van der Waals surface area contributed by atoms with E-state index in [1.54, 1.807) is 12.1 Å². The van der Waals surface area contributed by atoms with Gasteiger partial charge in [-0.3, -0.25) is 4.79 Å². The van der Waals surface area contributed by atoms with Crippen molar-refractivity contribution in [2.75, 3.05) is 5.32 Å². The van der Waals surface area contributed by atoms with E-state index in [2.05, 4.69) is 27.9 Å². The molecule has 0 radical (unpaired) electrons. The highest BCUT2D eigenvalue weighted by atomic mass is 127. The highest BCUT2D eigenvalue weighted by Gasteiger charge is 2.12. The Morgan fingerprint density at radius 2 is 1.95 bits per heavy atom. The molecule has 2 nitrogen and oxygen atoms in total. The van der Waals surface area contributed by atoms with Crippen LogP contribution in [0.2, 0.25) is 5.02 Å². The second-order valence-electron chi connectivity index (χ2n) is 4.29. The molecule has 0 aliphatic heterocycles. The fourth-order valence-corrected chi connectivity index (χ4v) is 2.50. The Kier molecular flexibility index (Phi) is 5.29. The maximum absolute atomic E-state index is 12.2. The molecule has 1 N–H and O–H groups in total. The molecule has 5 heteroatoms. The third-order valence-corrected chi connectivity index (χ3v) is 4.63. The van der Waals surface area contributed by atoms with Gasteiger partial charge in [0.25, 0.3) is 5.91 Å². The number of carbonyl (C=O) groups is 1. The van der Waals surface area contributed by atoms with Gasteiger partial charge in [0.1, 0.15) is 0 Å². The van der Waals surface area contributed by atoms with Crippen LogP contribution in [0.3, 0.4) is 0 Å². The zero-order valence-corrected chi connectivity index (χ0v) is 14.3. The predicted octanol–water partition coefficient (Wildman–Crippen LogP) is 5.50. The molecule has 2 aromatic rings. The van der Waals surface area contributed by atoms with Crippen molar-refractivity contribution < 1.29 is 4.79 Å². The van der Waals surface area contributed by atoms with Crippen LogP contribution in [0.4, 0.5) is 5.69 Å². The van der Waals surface area contributed by atoms with Gasteiger partial charge in [-0.15, -0.1) is 11.6 Å². The number of para-hydroxylation sites is 1. The minimum absolute atomic E-state index is 0.174. The summed E-state index contributed by atoms with van der Waals surface area (Å²) in [4.78, 5) is 12.2. The first-order valence-electron chi connectivity index (χ1n) is 5.98. The van der Waals surface area contributed by atoms with Crippen LogP contribution in [-0.4, -0.2) is 5.91 Å². The van der Waals surface area contributed by atoms with Crippen molar-refractivity contribution in [3.63, 3.8) is 0 Å². The van der Waals surface area contributed by atoms with E-state index in [9.17, 15) is 4.79 Å². The van der Waals surface area contributed by atoms with Gasteiger partial charge < -0.3 is 5.32 Å². The molecule has 0 saturated heterocycles. The summed E-state index contributed by atoms with van der Waals surface area (Å²) in [6, 6.07) is 12.7. The Labute approximate surface area is 141 Å². The molecule has 1 amide bonds. The number of rotatable bonds is 3. The zero-order valence-electron chi connectivity index (χ0n) is 10.7. The van der Waals surface area contributed by atoms with Crippen LogP contribution in [0, 0.1) is 3.57 Å². The summed E-state index contributed by atoms with van der Waals surface area (Å²) in [7, 11) is 0. The van der Waals surface area contributed by atoms with Crippen LogP contribution >= 0.6 is 45.8 Å². The fraction of sp³-hybridized carbons (Fsp3) is 0.133. The molecule has 0 saturated carbocycles. The summed E-state index contributed by atoms with van der Waals surface area (Å²) in [6.07, 6.45) is 0. The molecular formula is C15H12Cl2INO. The van der Waals surface area contributed by atoms with Gasteiger partial charge in [0.2, 0.25) is 0 Å².